The molecule has 3 aromatic rings. The van der Waals surface area contributed by atoms with Crippen LogP contribution in [0.25, 0.3) is 23.1 Å². The summed E-state index contributed by atoms with van der Waals surface area (Å²) in [6.45, 7) is 0. The SMILES string of the molecule is COc1ccc2nc(/C=C/c3ccc(Cl)cc3)nc(N[C@H]3CCC[C@H]3N=C(N)N)c2c1.Cl.Cl. The molecule has 0 radical (unpaired) electrons. The Hall–Kier alpha value is -2.74. The highest BCUT2D eigenvalue weighted by Gasteiger charge is 2.28. The molecule has 1 fully saturated rings. The molecule has 4 rings (SSSR count). The average molecular weight is 510 g/mol. The zero-order chi connectivity index (χ0) is 21.8. The zero-order valence-electron chi connectivity index (χ0n) is 18.1. The Balaban J connectivity index is 0.00000193. The highest BCUT2D eigenvalue weighted by Crippen LogP contribution is 2.30. The van der Waals surface area contributed by atoms with Crippen molar-refractivity contribution < 1.29 is 4.74 Å². The standard InChI is InChI=1S/C23H25ClN6O.2ClH/c1-31-16-10-11-18-17(13-16)22(28-19-3-2-4-20(19)29-23(25)26)30-21(27-18)12-7-14-5-8-15(24)9-6-14;;/h5-13,19-20H,2-4H2,1H3,(H4,25,26,29)(H,27,28,30);2*1H/b12-7+;;/t19-,20+;;/m0../s1. The van der Waals surface area contributed by atoms with Gasteiger partial charge in [-0.2, -0.15) is 0 Å². The molecule has 2 atom stereocenters. The van der Waals surface area contributed by atoms with Gasteiger partial charge in [-0.1, -0.05) is 29.8 Å². The van der Waals surface area contributed by atoms with Crippen LogP contribution in [-0.4, -0.2) is 35.1 Å². The molecule has 0 bridgehead atoms. The molecule has 1 aromatic heterocycles. The quantitative estimate of drug-likeness (QED) is 0.321. The molecular formula is C23H27Cl3N6O. The number of halogens is 3. The van der Waals surface area contributed by atoms with Crippen LogP contribution in [-0.2, 0) is 0 Å². The lowest BCUT2D eigenvalue weighted by atomic mass is 10.1. The number of hydrogen-bond acceptors (Lipinski definition) is 5. The summed E-state index contributed by atoms with van der Waals surface area (Å²) >= 11 is 5.97. The fraction of sp³-hybridized carbons (Fsp3) is 0.261. The third-order valence-corrected chi connectivity index (χ3v) is 5.58. The molecule has 176 valence electrons. The van der Waals surface area contributed by atoms with Crippen molar-refractivity contribution in [2.24, 2.45) is 16.5 Å². The predicted molar refractivity (Wildman–Crippen MR) is 142 cm³/mol. The molecule has 2 aromatic carbocycles. The van der Waals surface area contributed by atoms with Crippen molar-refractivity contribution in [3.63, 3.8) is 0 Å². The van der Waals surface area contributed by atoms with Crippen LogP contribution in [0.5, 0.6) is 5.75 Å². The summed E-state index contributed by atoms with van der Waals surface area (Å²) in [5, 5.41) is 5.15. The number of rotatable bonds is 6. The Labute approximate surface area is 210 Å². The Morgan fingerprint density at radius 3 is 2.55 bits per heavy atom. The van der Waals surface area contributed by atoms with E-state index in [4.69, 9.17) is 37.8 Å². The number of ether oxygens (including phenoxy) is 1. The molecule has 0 amide bonds. The van der Waals surface area contributed by atoms with Gasteiger partial charge in [0, 0.05) is 10.4 Å². The first-order valence-electron chi connectivity index (χ1n) is 10.2. The van der Waals surface area contributed by atoms with Crippen molar-refractivity contribution >= 4 is 71.2 Å². The minimum absolute atomic E-state index is 0. The van der Waals surface area contributed by atoms with Gasteiger partial charge < -0.3 is 21.5 Å². The Morgan fingerprint density at radius 2 is 1.85 bits per heavy atom. The number of hydrogen-bond donors (Lipinski definition) is 3. The number of benzene rings is 2. The number of guanidine groups is 1. The van der Waals surface area contributed by atoms with E-state index in [1.807, 2.05) is 54.6 Å². The second-order valence-electron chi connectivity index (χ2n) is 7.50. The van der Waals surface area contributed by atoms with Gasteiger partial charge >= 0.3 is 0 Å². The van der Waals surface area contributed by atoms with E-state index in [-0.39, 0.29) is 42.9 Å². The second-order valence-corrected chi connectivity index (χ2v) is 7.94. The number of nitrogens with one attached hydrogen (secondary N) is 1. The molecular weight excluding hydrogens is 483 g/mol. The van der Waals surface area contributed by atoms with Gasteiger partial charge in [0.25, 0.3) is 0 Å². The number of fused-ring (bicyclic) bond motifs is 1. The first kappa shape index (κ1) is 26.5. The Bertz CT molecular complexity index is 1130. The van der Waals surface area contributed by atoms with E-state index < -0.39 is 0 Å². The van der Waals surface area contributed by atoms with Crippen LogP contribution in [0.2, 0.25) is 5.02 Å². The lowest BCUT2D eigenvalue weighted by Crippen LogP contribution is -2.32. The maximum Gasteiger partial charge on any atom is 0.186 e. The number of anilines is 1. The summed E-state index contributed by atoms with van der Waals surface area (Å²) in [7, 11) is 1.64. The average Bonchev–Trinajstić information content (AvgIpc) is 3.19. The van der Waals surface area contributed by atoms with Crippen LogP contribution in [0.4, 0.5) is 5.82 Å². The molecule has 0 aliphatic heterocycles. The molecule has 1 heterocycles. The van der Waals surface area contributed by atoms with Crippen LogP contribution < -0.4 is 21.5 Å². The summed E-state index contributed by atoms with van der Waals surface area (Å²) in [6, 6.07) is 13.5. The maximum absolute atomic E-state index is 5.97. The van der Waals surface area contributed by atoms with Gasteiger partial charge in [0.1, 0.15) is 11.6 Å². The van der Waals surface area contributed by atoms with E-state index in [1.54, 1.807) is 7.11 Å². The third kappa shape index (κ3) is 6.63. The van der Waals surface area contributed by atoms with Crippen LogP contribution in [0, 0.1) is 0 Å². The summed E-state index contributed by atoms with van der Waals surface area (Å²) < 4.78 is 5.40. The second kappa shape index (κ2) is 11.9. The lowest BCUT2D eigenvalue weighted by Gasteiger charge is -2.20. The van der Waals surface area contributed by atoms with E-state index in [2.05, 4.69) is 10.3 Å². The van der Waals surface area contributed by atoms with E-state index in [9.17, 15) is 0 Å². The van der Waals surface area contributed by atoms with Crippen molar-refractivity contribution in [3.8, 4) is 5.75 Å². The highest BCUT2D eigenvalue weighted by molar-refractivity contribution is 6.30. The van der Waals surface area contributed by atoms with E-state index in [0.29, 0.717) is 10.8 Å². The molecule has 1 aliphatic carbocycles. The summed E-state index contributed by atoms with van der Waals surface area (Å²) in [6.07, 6.45) is 6.80. The summed E-state index contributed by atoms with van der Waals surface area (Å²) in [4.78, 5) is 13.9. The fourth-order valence-corrected chi connectivity index (χ4v) is 3.94. The number of nitrogens with two attached hydrogens (primary N) is 2. The van der Waals surface area contributed by atoms with Crippen molar-refractivity contribution in [2.45, 2.75) is 31.3 Å². The molecule has 7 nitrogen and oxygen atoms in total. The van der Waals surface area contributed by atoms with Crippen molar-refractivity contribution in [1.82, 2.24) is 9.97 Å². The number of methoxy groups -OCH3 is 1. The van der Waals surface area contributed by atoms with Gasteiger partial charge in [-0.3, -0.25) is 0 Å². The summed E-state index contributed by atoms with van der Waals surface area (Å²) in [5.41, 5.74) is 13.1. The fourth-order valence-electron chi connectivity index (χ4n) is 3.81. The molecule has 1 aliphatic rings. The van der Waals surface area contributed by atoms with Gasteiger partial charge in [-0.15, -0.1) is 24.8 Å². The molecule has 1 saturated carbocycles. The minimum Gasteiger partial charge on any atom is -0.497 e. The van der Waals surface area contributed by atoms with Crippen LogP contribution in [0.1, 0.15) is 30.7 Å². The van der Waals surface area contributed by atoms with Gasteiger partial charge in [-0.05, 0) is 61.2 Å². The smallest absolute Gasteiger partial charge is 0.186 e. The molecule has 0 spiro atoms. The van der Waals surface area contributed by atoms with Gasteiger partial charge in [0.05, 0.1) is 24.7 Å². The largest absolute Gasteiger partial charge is 0.497 e. The van der Waals surface area contributed by atoms with Crippen molar-refractivity contribution in [3.05, 3.63) is 58.9 Å². The van der Waals surface area contributed by atoms with E-state index in [1.165, 1.54) is 0 Å². The normalized spacial score (nSPS) is 17.3. The van der Waals surface area contributed by atoms with E-state index in [0.717, 1.165) is 47.3 Å². The van der Waals surface area contributed by atoms with E-state index >= 15 is 0 Å². The first-order valence-corrected chi connectivity index (χ1v) is 10.5. The molecule has 33 heavy (non-hydrogen) atoms. The van der Waals surface area contributed by atoms with Gasteiger partial charge in [0.2, 0.25) is 0 Å². The highest BCUT2D eigenvalue weighted by atomic mass is 35.5. The number of aliphatic imine (C=N–C) groups is 1. The molecule has 0 unspecified atom stereocenters. The lowest BCUT2D eigenvalue weighted by molar-refractivity contribution is 0.415. The summed E-state index contributed by atoms with van der Waals surface area (Å²) in [5.74, 6) is 2.20. The molecule has 5 N–H and O–H groups in total. The van der Waals surface area contributed by atoms with Crippen molar-refractivity contribution in [1.29, 1.82) is 0 Å². The van der Waals surface area contributed by atoms with Crippen LogP contribution in [0.15, 0.2) is 47.5 Å². The Kier molecular flexibility index (Phi) is 9.58. The third-order valence-electron chi connectivity index (χ3n) is 5.33. The zero-order valence-corrected chi connectivity index (χ0v) is 20.5. The van der Waals surface area contributed by atoms with Gasteiger partial charge in [-0.25, -0.2) is 15.0 Å². The van der Waals surface area contributed by atoms with Crippen molar-refractivity contribution in [2.75, 3.05) is 12.4 Å². The van der Waals surface area contributed by atoms with Crippen LogP contribution in [0.3, 0.4) is 0 Å². The number of nitrogens with zero attached hydrogens (tertiary/aromatic N) is 3. The molecule has 0 saturated heterocycles. The number of aromatic nitrogens is 2. The maximum atomic E-state index is 5.97. The molecule has 10 heteroatoms. The van der Waals surface area contributed by atoms with Gasteiger partial charge in [0.15, 0.2) is 11.8 Å². The predicted octanol–water partition coefficient (Wildman–Crippen LogP) is 4.91. The Morgan fingerprint density at radius 1 is 1.09 bits per heavy atom. The monoisotopic (exact) mass is 508 g/mol. The van der Waals surface area contributed by atoms with Crippen LogP contribution >= 0.6 is 36.4 Å². The topological polar surface area (TPSA) is 111 Å². The minimum atomic E-state index is 0. The first-order chi connectivity index (χ1) is 15.0.